The SMILES string of the molecule is COc1ccc(C2OCC3OC(OC(C)(C)C)C=CC3O2)cc1. The summed E-state index contributed by atoms with van der Waals surface area (Å²) in [4.78, 5) is 0. The second-order valence-electron chi connectivity index (χ2n) is 6.70. The highest BCUT2D eigenvalue weighted by atomic mass is 16.7. The van der Waals surface area contributed by atoms with Gasteiger partial charge in [0.1, 0.15) is 18.0 Å². The molecular formula is C18H24O5. The van der Waals surface area contributed by atoms with Gasteiger partial charge >= 0.3 is 0 Å². The summed E-state index contributed by atoms with van der Waals surface area (Å²) in [6.07, 6.45) is 2.88. The van der Waals surface area contributed by atoms with Gasteiger partial charge in [-0.3, -0.25) is 0 Å². The Morgan fingerprint density at radius 2 is 1.78 bits per heavy atom. The van der Waals surface area contributed by atoms with E-state index in [1.54, 1.807) is 7.11 Å². The zero-order chi connectivity index (χ0) is 16.4. The van der Waals surface area contributed by atoms with Gasteiger partial charge in [-0.2, -0.15) is 0 Å². The lowest BCUT2D eigenvalue weighted by Gasteiger charge is -2.40. The maximum Gasteiger partial charge on any atom is 0.184 e. The van der Waals surface area contributed by atoms with E-state index in [0.29, 0.717) is 6.61 Å². The van der Waals surface area contributed by atoms with Gasteiger partial charge in [0.05, 0.1) is 19.3 Å². The minimum atomic E-state index is -0.393. The molecule has 5 heteroatoms. The number of fused-ring (bicyclic) bond motifs is 1. The third kappa shape index (κ3) is 4.12. The summed E-state index contributed by atoms with van der Waals surface area (Å²) < 4.78 is 28.7. The molecule has 1 aromatic rings. The molecule has 1 saturated heterocycles. The molecule has 4 atom stereocenters. The average molecular weight is 320 g/mol. The molecule has 3 rings (SSSR count). The summed E-state index contributed by atoms with van der Waals surface area (Å²) in [7, 11) is 1.65. The first-order valence-electron chi connectivity index (χ1n) is 7.87. The Labute approximate surface area is 137 Å². The van der Waals surface area contributed by atoms with E-state index < -0.39 is 6.29 Å². The maximum absolute atomic E-state index is 6.00. The normalized spacial score (nSPS) is 30.8. The molecule has 2 aliphatic rings. The number of hydrogen-bond donors (Lipinski definition) is 0. The fourth-order valence-corrected chi connectivity index (χ4v) is 2.60. The Balaban J connectivity index is 1.63. The van der Waals surface area contributed by atoms with Crippen LogP contribution in [-0.4, -0.2) is 37.8 Å². The van der Waals surface area contributed by atoms with Crippen LogP contribution >= 0.6 is 0 Å². The lowest BCUT2D eigenvalue weighted by Crippen LogP contribution is -2.46. The van der Waals surface area contributed by atoms with Crippen molar-refractivity contribution in [2.45, 2.75) is 51.2 Å². The lowest BCUT2D eigenvalue weighted by atomic mass is 10.1. The smallest absolute Gasteiger partial charge is 0.184 e. The number of methoxy groups -OCH3 is 1. The van der Waals surface area contributed by atoms with Crippen LogP contribution < -0.4 is 4.74 Å². The quantitative estimate of drug-likeness (QED) is 0.800. The van der Waals surface area contributed by atoms with Crippen LogP contribution in [0.2, 0.25) is 0 Å². The molecule has 2 aliphatic heterocycles. The average Bonchev–Trinajstić information content (AvgIpc) is 2.53. The van der Waals surface area contributed by atoms with E-state index in [4.69, 9.17) is 23.7 Å². The van der Waals surface area contributed by atoms with Gasteiger partial charge in [0.25, 0.3) is 0 Å². The van der Waals surface area contributed by atoms with E-state index in [9.17, 15) is 0 Å². The zero-order valence-electron chi connectivity index (χ0n) is 14.0. The molecule has 4 unspecified atom stereocenters. The molecule has 1 fully saturated rings. The first kappa shape index (κ1) is 16.5. The van der Waals surface area contributed by atoms with Crippen molar-refractivity contribution in [3.8, 4) is 5.75 Å². The van der Waals surface area contributed by atoms with Gasteiger partial charge in [-0.15, -0.1) is 0 Å². The molecule has 0 saturated carbocycles. The fraction of sp³-hybridized carbons (Fsp3) is 0.556. The van der Waals surface area contributed by atoms with E-state index in [-0.39, 0.29) is 24.1 Å². The van der Waals surface area contributed by atoms with Gasteiger partial charge in [-0.05, 0) is 39.0 Å². The predicted octanol–water partition coefficient (Wildman–Crippen LogP) is 3.21. The Bertz CT molecular complexity index is 546. The molecule has 0 N–H and O–H groups in total. The highest BCUT2D eigenvalue weighted by Gasteiger charge is 2.36. The third-order valence-corrected chi connectivity index (χ3v) is 3.68. The summed E-state index contributed by atoms with van der Waals surface area (Å²) >= 11 is 0. The van der Waals surface area contributed by atoms with Crippen LogP contribution in [0.3, 0.4) is 0 Å². The highest BCUT2D eigenvalue weighted by molar-refractivity contribution is 5.28. The van der Waals surface area contributed by atoms with Crippen LogP contribution in [0.1, 0.15) is 32.6 Å². The van der Waals surface area contributed by atoms with Crippen molar-refractivity contribution in [1.82, 2.24) is 0 Å². The first-order chi connectivity index (χ1) is 10.9. The number of benzene rings is 1. The molecule has 126 valence electrons. The van der Waals surface area contributed by atoms with Crippen molar-refractivity contribution in [3.05, 3.63) is 42.0 Å². The Morgan fingerprint density at radius 1 is 1.04 bits per heavy atom. The maximum atomic E-state index is 6.00. The summed E-state index contributed by atoms with van der Waals surface area (Å²) in [5, 5.41) is 0. The zero-order valence-corrected chi connectivity index (χ0v) is 14.0. The van der Waals surface area contributed by atoms with E-state index in [0.717, 1.165) is 11.3 Å². The van der Waals surface area contributed by atoms with Gasteiger partial charge in [-0.25, -0.2) is 0 Å². The van der Waals surface area contributed by atoms with Crippen molar-refractivity contribution in [1.29, 1.82) is 0 Å². The van der Waals surface area contributed by atoms with E-state index in [1.165, 1.54) is 0 Å². The first-order valence-corrected chi connectivity index (χ1v) is 7.87. The minimum absolute atomic E-state index is 0.129. The number of hydrogen-bond acceptors (Lipinski definition) is 5. The van der Waals surface area contributed by atoms with Crippen molar-refractivity contribution < 1.29 is 23.7 Å². The second-order valence-corrected chi connectivity index (χ2v) is 6.70. The Hall–Kier alpha value is -1.40. The Morgan fingerprint density at radius 3 is 2.43 bits per heavy atom. The largest absolute Gasteiger partial charge is 0.497 e. The lowest BCUT2D eigenvalue weighted by molar-refractivity contribution is -0.292. The van der Waals surface area contributed by atoms with Crippen LogP contribution in [-0.2, 0) is 18.9 Å². The van der Waals surface area contributed by atoms with E-state index in [1.807, 2.05) is 57.2 Å². The molecule has 0 aromatic heterocycles. The van der Waals surface area contributed by atoms with E-state index >= 15 is 0 Å². The van der Waals surface area contributed by atoms with Gasteiger partial charge in [-0.1, -0.05) is 18.2 Å². The van der Waals surface area contributed by atoms with Crippen molar-refractivity contribution in [3.63, 3.8) is 0 Å². The van der Waals surface area contributed by atoms with Crippen molar-refractivity contribution in [2.75, 3.05) is 13.7 Å². The fourth-order valence-electron chi connectivity index (χ4n) is 2.60. The summed E-state index contributed by atoms with van der Waals surface area (Å²) in [6.45, 7) is 6.48. The molecule has 23 heavy (non-hydrogen) atoms. The molecule has 0 radical (unpaired) electrons. The number of ether oxygens (including phenoxy) is 5. The van der Waals surface area contributed by atoms with Gasteiger partial charge in [0, 0.05) is 5.56 Å². The second kappa shape index (κ2) is 6.61. The predicted molar refractivity (Wildman–Crippen MR) is 85.2 cm³/mol. The van der Waals surface area contributed by atoms with Crippen LogP contribution in [0.5, 0.6) is 5.75 Å². The topological polar surface area (TPSA) is 46.2 Å². The van der Waals surface area contributed by atoms with Crippen molar-refractivity contribution in [2.24, 2.45) is 0 Å². The molecule has 5 nitrogen and oxygen atoms in total. The van der Waals surface area contributed by atoms with Crippen LogP contribution in [0, 0.1) is 0 Å². The van der Waals surface area contributed by atoms with Crippen LogP contribution in [0.4, 0.5) is 0 Å². The van der Waals surface area contributed by atoms with Gasteiger partial charge in [0.15, 0.2) is 12.6 Å². The molecule has 0 amide bonds. The summed E-state index contributed by atoms with van der Waals surface area (Å²) in [6, 6.07) is 7.69. The molecule has 1 aromatic carbocycles. The number of rotatable bonds is 3. The summed E-state index contributed by atoms with van der Waals surface area (Å²) in [5.74, 6) is 0.811. The minimum Gasteiger partial charge on any atom is -0.497 e. The Kier molecular flexibility index (Phi) is 4.73. The van der Waals surface area contributed by atoms with Gasteiger partial charge in [0.2, 0.25) is 0 Å². The van der Waals surface area contributed by atoms with Crippen LogP contribution in [0.25, 0.3) is 0 Å². The van der Waals surface area contributed by atoms with Crippen molar-refractivity contribution >= 4 is 0 Å². The standard InChI is InChI=1S/C18H24O5/c1-18(2,3)23-16-10-9-14-15(21-16)11-20-17(22-14)12-5-7-13(19-4)8-6-12/h5-10,14-17H,11H2,1-4H3. The molecule has 0 bridgehead atoms. The van der Waals surface area contributed by atoms with Gasteiger partial charge < -0.3 is 23.7 Å². The van der Waals surface area contributed by atoms with Crippen LogP contribution in [0.15, 0.2) is 36.4 Å². The monoisotopic (exact) mass is 320 g/mol. The molecular weight excluding hydrogens is 296 g/mol. The molecule has 2 heterocycles. The summed E-state index contributed by atoms with van der Waals surface area (Å²) in [5.41, 5.74) is 0.704. The molecule has 0 aliphatic carbocycles. The van der Waals surface area contributed by atoms with E-state index in [2.05, 4.69) is 0 Å². The highest BCUT2D eigenvalue weighted by Crippen LogP contribution is 2.32. The third-order valence-electron chi connectivity index (χ3n) is 3.68. The molecule has 0 spiro atoms.